The van der Waals surface area contributed by atoms with Crippen molar-refractivity contribution in [3.05, 3.63) is 88.4 Å². The second-order valence-electron chi connectivity index (χ2n) is 6.51. The molecule has 0 saturated carbocycles. The monoisotopic (exact) mass is 446 g/mol. The Bertz CT molecular complexity index is 1210. The third-order valence-corrected chi connectivity index (χ3v) is 5.05. The molecule has 0 aliphatic carbocycles. The second-order valence-corrected chi connectivity index (χ2v) is 7.46. The number of thiophene rings is 1. The molecule has 0 atom stereocenters. The van der Waals surface area contributed by atoms with E-state index in [0.29, 0.717) is 16.1 Å². The van der Waals surface area contributed by atoms with E-state index >= 15 is 0 Å². The number of nitrogens with one attached hydrogen (secondary N) is 2. The number of nitrogen functional groups attached to an aromatic ring is 1. The summed E-state index contributed by atoms with van der Waals surface area (Å²) in [6.45, 7) is -0.175. The first kappa shape index (κ1) is 20.9. The molecule has 4 N–H and O–H groups in total. The highest BCUT2D eigenvalue weighted by molar-refractivity contribution is 7.12. The Labute approximate surface area is 187 Å². The minimum Gasteiger partial charge on any atom is -0.454 e. The van der Waals surface area contributed by atoms with Crippen LogP contribution in [0, 0.1) is 0 Å². The van der Waals surface area contributed by atoms with Gasteiger partial charge in [-0.05, 0) is 47.8 Å². The fraction of sp³-hybridized carbons (Fsp3) is 0.0455. The molecule has 0 fully saturated rings. The predicted octanol–water partition coefficient (Wildman–Crippen LogP) is 3.87. The Balaban J connectivity index is 1.35. The maximum Gasteiger partial charge on any atom is 0.338 e. The van der Waals surface area contributed by atoms with Crippen molar-refractivity contribution in [2.75, 3.05) is 16.4 Å². The van der Waals surface area contributed by atoms with E-state index in [0.717, 1.165) is 5.69 Å². The summed E-state index contributed by atoms with van der Waals surface area (Å²) in [4.78, 5) is 37.3. The molecular weight excluding hydrogens is 428 g/mol. The van der Waals surface area contributed by atoms with Crippen molar-refractivity contribution in [3.63, 3.8) is 0 Å². The minimum atomic E-state index is -0.558. The maximum absolute atomic E-state index is 12.4. The van der Waals surface area contributed by atoms with Crippen LogP contribution >= 0.6 is 11.3 Å². The molecule has 0 spiro atoms. The van der Waals surface area contributed by atoms with Crippen LogP contribution in [0.25, 0.3) is 0 Å². The van der Waals surface area contributed by atoms with Gasteiger partial charge in [0.1, 0.15) is 0 Å². The third-order valence-electron chi connectivity index (χ3n) is 4.18. The summed E-state index contributed by atoms with van der Waals surface area (Å²) in [5.74, 6) is -0.291. The largest absolute Gasteiger partial charge is 0.454 e. The normalized spacial score (nSPS) is 10.4. The van der Waals surface area contributed by atoms with Crippen molar-refractivity contribution in [2.24, 2.45) is 0 Å². The van der Waals surface area contributed by atoms with Gasteiger partial charge in [0.2, 0.25) is 11.9 Å². The van der Waals surface area contributed by atoms with Crippen LogP contribution in [0.15, 0.2) is 72.1 Å². The van der Waals surface area contributed by atoms with Crippen molar-refractivity contribution in [1.29, 1.82) is 0 Å². The van der Waals surface area contributed by atoms with E-state index < -0.39 is 5.97 Å². The van der Waals surface area contributed by atoms with E-state index in [9.17, 15) is 9.59 Å². The molecule has 2 heterocycles. The van der Waals surface area contributed by atoms with E-state index in [-0.39, 0.29) is 30.2 Å². The molecule has 0 unspecified atom stereocenters. The number of esters is 1. The number of nitrogens with two attached hydrogens (primary N) is 1. The first-order chi connectivity index (χ1) is 15.6. The van der Waals surface area contributed by atoms with Gasteiger partial charge in [-0.15, -0.1) is 11.3 Å². The molecule has 4 aromatic rings. The number of para-hydroxylation sites is 1. The standard InChI is InChI=1S/C22H18N6O3S/c23-21-26-18(27-22(28-21)25-15-5-2-1-3-6-15)13-31-20(30)14-8-10-16(11-9-14)24-19(29)17-7-4-12-32-17/h1-12H,13H2,(H,24,29)(H3,23,25,26,27,28). The zero-order valence-electron chi connectivity index (χ0n) is 16.7. The summed E-state index contributed by atoms with van der Waals surface area (Å²) in [5, 5.41) is 7.62. The summed E-state index contributed by atoms with van der Waals surface area (Å²) in [5.41, 5.74) is 7.42. The summed E-state index contributed by atoms with van der Waals surface area (Å²) in [7, 11) is 0. The van der Waals surface area contributed by atoms with Crippen molar-refractivity contribution >= 4 is 46.5 Å². The van der Waals surface area contributed by atoms with E-state index in [1.165, 1.54) is 11.3 Å². The Hall–Kier alpha value is -4.31. The number of amides is 1. The fourth-order valence-electron chi connectivity index (χ4n) is 2.71. The van der Waals surface area contributed by atoms with Crippen LogP contribution in [0.3, 0.4) is 0 Å². The SMILES string of the molecule is Nc1nc(COC(=O)c2ccc(NC(=O)c3cccs3)cc2)nc(Nc2ccccc2)n1. The molecule has 0 aliphatic rings. The van der Waals surface area contributed by atoms with Gasteiger partial charge < -0.3 is 21.1 Å². The van der Waals surface area contributed by atoms with Crippen LogP contribution in [-0.4, -0.2) is 26.8 Å². The third kappa shape index (κ3) is 5.43. The first-order valence-electron chi connectivity index (χ1n) is 9.51. The Morgan fingerprint density at radius 2 is 1.69 bits per heavy atom. The lowest BCUT2D eigenvalue weighted by Crippen LogP contribution is -2.12. The predicted molar refractivity (Wildman–Crippen MR) is 122 cm³/mol. The smallest absolute Gasteiger partial charge is 0.338 e. The van der Waals surface area contributed by atoms with Crippen LogP contribution in [0.2, 0.25) is 0 Å². The first-order valence-corrected chi connectivity index (χ1v) is 10.4. The fourth-order valence-corrected chi connectivity index (χ4v) is 3.33. The molecule has 0 bridgehead atoms. The van der Waals surface area contributed by atoms with Crippen LogP contribution in [0.4, 0.5) is 23.3 Å². The molecule has 10 heteroatoms. The molecule has 0 saturated heterocycles. The number of benzene rings is 2. The summed E-state index contributed by atoms with van der Waals surface area (Å²) in [6, 6.07) is 19.3. The van der Waals surface area contributed by atoms with Gasteiger partial charge in [-0.1, -0.05) is 24.3 Å². The molecule has 32 heavy (non-hydrogen) atoms. The number of aromatic nitrogens is 3. The van der Waals surface area contributed by atoms with Gasteiger partial charge in [-0.3, -0.25) is 4.79 Å². The van der Waals surface area contributed by atoms with E-state index in [2.05, 4.69) is 25.6 Å². The lowest BCUT2D eigenvalue weighted by Gasteiger charge is -2.08. The highest BCUT2D eigenvalue weighted by Gasteiger charge is 2.12. The Morgan fingerprint density at radius 1 is 0.906 bits per heavy atom. The van der Waals surface area contributed by atoms with Crippen LogP contribution in [0.1, 0.15) is 25.9 Å². The average Bonchev–Trinajstić information content (AvgIpc) is 3.34. The Morgan fingerprint density at radius 3 is 2.41 bits per heavy atom. The number of nitrogens with zero attached hydrogens (tertiary/aromatic N) is 3. The number of carbonyl (C=O) groups is 2. The average molecular weight is 446 g/mol. The highest BCUT2D eigenvalue weighted by Crippen LogP contribution is 2.16. The van der Waals surface area contributed by atoms with E-state index in [1.807, 2.05) is 35.7 Å². The maximum atomic E-state index is 12.4. The molecule has 2 aromatic carbocycles. The number of hydrogen-bond donors (Lipinski definition) is 3. The zero-order valence-corrected chi connectivity index (χ0v) is 17.5. The van der Waals surface area contributed by atoms with Crippen molar-refractivity contribution in [1.82, 2.24) is 15.0 Å². The van der Waals surface area contributed by atoms with Crippen molar-refractivity contribution in [2.45, 2.75) is 6.61 Å². The lowest BCUT2D eigenvalue weighted by atomic mass is 10.2. The molecule has 0 radical (unpaired) electrons. The molecule has 2 aromatic heterocycles. The van der Waals surface area contributed by atoms with E-state index in [1.54, 1.807) is 36.4 Å². The number of rotatable bonds is 7. The van der Waals surface area contributed by atoms with Gasteiger partial charge >= 0.3 is 5.97 Å². The molecule has 160 valence electrons. The van der Waals surface area contributed by atoms with Crippen LogP contribution in [0.5, 0.6) is 0 Å². The van der Waals surface area contributed by atoms with Gasteiger partial charge in [0, 0.05) is 11.4 Å². The van der Waals surface area contributed by atoms with Crippen molar-refractivity contribution in [3.8, 4) is 0 Å². The van der Waals surface area contributed by atoms with Gasteiger partial charge in [0.25, 0.3) is 5.91 Å². The Kier molecular flexibility index (Phi) is 6.33. The number of ether oxygens (including phenoxy) is 1. The molecule has 0 aliphatic heterocycles. The summed E-state index contributed by atoms with van der Waals surface area (Å²) in [6.07, 6.45) is 0. The minimum absolute atomic E-state index is 0.00955. The summed E-state index contributed by atoms with van der Waals surface area (Å²) < 4.78 is 5.29. The van der Waals surface area contributed by atoms with Gasteiger partial charge in [0.05, 0.1) is 10.4 Å². The van der Waals surface area contributed by atoms with Crippen LogP contribution < -0.4 is 16.4 Å². The van der Waals surface area contributed by atoms with Crippen molar-refractivity contribution < 1.29 is 14.3 Å². The lowest BCUT2D eigenvalue weighted by molar-refractivity contribution is 0.0462. The number of hydrogen-bond acceptors (Lipinski definition) is 9. The summed E-state index contributed by atoms with van der Waals surface area (Å²) >= 11 is 1.35. The van der Waals surface area contributed by atoms with Crippen LogP contribution in [-0.2, 0) is 11.3 Å². The van der Waals surface area contributed by atoms with E-state index in [4.69, 9.17) is 10.5 Å². The van der Waals surface area contributed by atoms with Gasteiger partial charge in [0.15, 0.2) is 12.4 Å². The quantitative estimate of drug-likeness (QED) is 0.365. The number of carbonyl (C=O) groups excluding carboxylic acids is 2. The topological polar surface area (TPSA) is 132 Å². The molecule has 4 rings (SSSR count). The number of anilines is 4. The van der Waals surface area contributed by atoms with Gasteiger partial charge in [-0.2, -0.15) is 15.0 Å². The van der Waals surface area contributed by atoms with Gasteiger partial charge in [-0.25, -0.2) is 4.79 Å². The molecular formula is C22H18N6O3S. The zero-order chi connectivity index (χ0) is 22.3. The highest BCUT2D eigenvalue weighted by atomic mass is 32.1. The molecule has 9 nitrogen and oxygen atoms in total. The molecule has 1 amide bonds. The second kappa shape index (κ2) is 9.67.